The zero-order valence-electron chi connectivity index (χ0n) is 13.4. The molecule has 0 aromatic rings. The number of hydrogen-bond acceptors (Lipinski definition) is 3. The molecule has 0 radical (unpaired) electrons. The molecular weight excluding hydrogens is 266 g/mol. The first-order chi connectivity index (χ1) is 10.2. The molecule has 1 N–H and O–H groups in total. The summed E-state index contributed by atoms with van der Waals surface area (Å²) in [5.41, 5.74) is 0. The highest BCUT2D eigenvalue weighted by molar-refractivity contribution is 5.92. The SMILES string of the molecule is CCCN1CC(=O)N(CC(NC)C2CCCCC2)CC1=O. The molecule has 1 unspecified atom stereocenters. The molecule has 120 valence electrons. The van der Waals surface area contributed by atoms with Crippen LogP contribution >= 0.6 is 0 Å². The van der Waals surface area contributed by atoms with Crippen LogP contribution in [0.1, 0.15) is 45.4 Å². The standard InChI is InChI=1S/C16H29N3O2/c1-3-9-18-11-16(21)19(12-15(18)20)10-14(17-2)13-7-5-4-6-8-13/h13-14,17H,3-12H2,1-2H3. The highest BCUT2D eigenvalue weighted by Gasteiger charge is 2.32. The van der Waals surface area contributed by atoms with E-state index in [0.29, 0.717) is 25.0 Å². The zero-order chi connectivity index (χ0) is 15.2. The third-order valence-corrected chi connectivity index (χ3v) is 4.86. The Morgan fingerprint density at radius 3 is 2.33 bits per heavy atom. The van der Waals surface area contributed by atoms with Gasteiger partial charge in [-0.05, 0) is 32.2 Å². The van der Waals surface area contributed by atoms with Crippen molar-refractivity contribution in [2.45, 2.75) is 51.5 Å². The van der Waals surface area contributed by atoms with Crippen LogP contribution in [0, 0.1) is 5.92 Å². The van der Waals surface area contributed by atoms with E-state index in [2.05, 4.69) is 5.32 Å². The molecule has 0 aromatic heterocycles. The van der Waals surface area contributed by atoms with Crippen LogP contribution in [0.3, 0.4) is 0 Å². The molecule has 1 heterocycles. The molecule has 1 aliphatic carbocycles. The summed E-state index contributed by atoms with van der Waals surface area (Å²) in [7, 11) is 1.97. The van der Waals surface area contributed by atoms with Crippen LogP contribution in [0.2, 0.25) is 0 Å². The molecule has 1 saturated heterocycles. The first-order valence-corrected chi connectivity index (χ1v) is 8.38. The van der Waals surface area contributed by atoms with Crippen molar-refractivity contribution >= 4 is 11.8 Å². The summed E-state index contributed by atoms with van der Waals surface area (Å²) in [6, 6.07) is 0.319. The first kappa shape index (κ1) is 16.3. The molecule has 5 nitrogen and oxygen atoms in total. The fourth-order valence-corrected chi connectivity index (χ4v) is 3.59. The minimum atomic E-state index is 0.0925. The smallest absolute Gasteiger partial charge is 0.242 e. The maximum Gasteiger partial charge on any atom is 0.242 e. The lowest BCUT2D eigenvalue weighted by Crippen LogP contribution is -2.57. The van der Waals surface area contributed by atoms with Crippen molar-refractivity contribution in [3.8, 4) is 0 Å². The van der Waals surface area contributed by atoms with Crippen LogP contribution in [0.5, 0.6) is 0 Å². The van der Waals surface area contributed by atoms with Crippen LogP contribution < -0.4 is 5.32 Å². The lowest BCUT2D eigenvalue weighted by atomic mass is 9.83. The van der Waals surface area contributed by atoms with E-state index in [4.69, 9.17) is 0 Å². The Bertz CT molecular complexity index is 367. The summed E-state index contributed by atoms with van der Waals surface area (Å²) in [6.07, 6.45) is 7.30. The fourth-order valence-electron chi connectivity index (χ4n) is 3.59. The number of nitrogens with one attached hydrogen (secondary N) is 1. The predicted octanol–water partition coefficient (Wildman–Crippen LogP) is 1.24. The number of hydrogen-bond donors (Lipinski definition) is 1. The van der Waals surface area contributed by atoms with E-state index in [9.17, 15) is 9.59 Å². The number of piperazine rings is 1. The van der Waals surface area contributed by atoms with Crippen molar-refractivity contribution in [1.82, 2.24) is 15.1 Å². The maximum absolute atomic E-state index is 12.3. The maximum atomic E-state index is 12.3. The summed E-state index contributed by atoms with van der Waals surface area (Å²) in [5.74, 6) is 0.828. The van der Waals surface area contributed by atoms with Crippen LogP contribution in [0.25, 0.3) is 0 Å². The van der Waals surface area contributed by atoms with Gasteiger partial charge in [-0.25, -0.2) is 0 Å². The van der Waals surface area contributed by atoms with Gasteiger partial charge in [-0.3, -0.25) is 9.59 Å². The molecule has 2 amide bonds. The van der Waals surface area contributed by atoms with Gasteiger partial charge in [0.05, 0.1) is 13.1 Å². The van der Waals surface area contributed by atoms with E-state index < -0.39 is 0 Å². The molecule has 0 bridgehead atoms. The molecule has 2 rings (SSSR count). The fraction of sp³-hybridized carbons (Fsp3) is 0.875. The minimum Gasteiger partial charge on any atom is -0.332 e. The largest absolute Gasteiger partial charge is 0.332 e. The van der Waals surface area contributed by atoms with Gasteiger partial charge < -0.3 is 15.1 Å². The van der Waals surface area contributed by atoms with Gasteiger partial charge in [0.15, 0.2) is 0 Å². The third kappa shape index (κ3) is 4.19. The molecule has 5 heteroatoms. The number of nitrogens with zero attached hydrogens (tertiary/aromatic N) is 2. The molecule has 2 aliphatic rings. The van der Waals surface area contributed by atoms with Gasteiger partial charge in [0, 0.05) is 19.1 Å². The molecule has 0 aromatic carbocycles. The van der Waals surface area contributed by atoms with Crippen molar-refractivity contribution < 1.29 is 9.59 Å². The number of amides is 2. The first-order valence-electron chi connectivity index (χ1n) is 8.38. The Labute approximate surface area is 128 Å². The van der Waals surface area contributed by atoms with E-state index in [1.807, 2.05) is 14.0 Å². The number of rotatable bonds is 6. The van der Waals surface area contributed by atoms with Gasteiger partial charge in [0.25, 0.3) is 0 Å². The Balaban J connectivity index is 1.91. The molecule has 1 atom stereocenters. The van der Waals surface area contributed by atoms with E-state index in [1.165, 1.54) is 32.1 Å². The average Bonchev–Trinajstić information content (AvgIpc) is 2.50. The Morgan fingerprint density at radius 2 is 1.71 bits per heavy atom. The molecule has 0 spiro atoms. The van der Waals surface area contributed by atoms with E-state index >= 15 is 0 Å². The monoisotopic (exact) mass is 295 g/mol. The zero-order valence-corrected chi connectivity index (χ0v) is 13.4. The molecule has 2 fully saturated rings. The summed E-state index contributed by atoms with van der Waals surface area (Å²) >= 11 is 0. The van der Waals surface area contributed by atoms with E-state index in [0.717, 1.165) is 6.42 Å². The van der Waals surface area contributed by atoms with Crippen LogP contribution in [0.15, 0.2) is 0 Å². The molecule has 21 heavy (non-hydrogen) atoms. The second-order valence-corrected chi connectivity index (χ2v) is 6.38. The summed E-state index contributed by atoms with van der Waals surface area (Å²) in [6.45, 7) is 3.91. The third-order valence-electron chi connectivity index (χ3n) is 4.86. The van der Waals surface area contributed by atoms with E-state index in [1.54, 1.807) is 9.80 Å². The number of likely N-dealkylation sites (N-methyl/N-ethyl adjacent to an activating group) is 1. The minimum absolute atomic E-state index is 0.0925. The Morgan fingerprint density at radius 1 is 1.10 bits per heavy atom. The van der Waals surface area contributed by atoms with Crippen molar-refractivity contribution in [3.63, 3.8) is 0 Å². The number of carbonyl (C=O) groups excluding carboxylic acids is 2. The summed E-state index contributed by atoms with van der Waals surface area (Å²) in [4.78, 5) is 27.8. The van der Waals surface area contributed by atoms with Crippen molar-refractivity contribution in [2.24, 2.45) is 5.92 Å². The molecule has 1 aliphatic heterocycles. The normalized spacial score (nSPS) is 22.8. The Hall–Kier alpha value is -1.10. The van der Waals surface area contributed by atoms with Gasteiger partial charge in [-0.1, -0.05) is 26.2 Å². The lowest BCUT2D eigenvalue weighted by molar-refractivity contribution is -0.150. The highest BCUT2D eigenvalue weighted by Crippen LogP contribution is 2.27. The average molecular weight is 295 g/mol. The molecule has 1 saturated carbocycles. The topological polar surface area (TPSA) is 52.7 Å². The lowest BCUT2D eigenvalue weighted by Gasteiger charge is -2.38. The van der Waals surface area contributed by atoms with Crippen LogP contribution in [0.4, 0.5) is 0 Å². The Kier molecular flexibility index (Phi) is 6.03. The van der Waals surface area contributed by atoms with Crippen molar-refractivity contribution in [1.29, 1.82) is 0 Å². The van der Waals surface area contributed by atoms with Gasteiger partial charge in [0.1, 0.15) is 0 Å². The van der Waals surface area contributed by atoms with Crippen molar-refractivity contribution in [2.75, 3.05) is 33.2 Å². The molecular formula is C16H29N3O2. The van der Waals surface area contributed by atoms with Crippen LogP contribution in [-0.2, 0) is 9.59 Å². The van der Waals surface area contributed by atoms with Crippen LogP contribution in [-0.4, -0.2) is 60.9 Å². The highest BCUT2D eigenvalue weighted by atomic mass is 16.2. The summed E-state index contributed by atoms with van der Waals surface area (Å²) in [5, 5.41) is 3.37. The van der Waals surface area contributed by atoms with E-state index in [-0.39, 0.29) is 24.9 Å². The number of carbonyl (C=O) groups is 2. The van der Waals surface area contributed by atoms with Gasteiger partial charge in [0.2, 0.25) is 11.8 Å². The predicted molar refractivity (Wildman–Crippen MR) is 82.9 cm³/mol. The van der Waals surface area contributed by atoms with Gasteiger partial charge in [-0.2, -0.15) is 0 Å². The second kappa shape index (κ2) is 7.78. The second-order valence-electron chi connectivity index (χ2n) is 6.38. The quantitative estimate of drug-likeness (QED) is 0.802. The van der Waals surface area contributed by atoms with Crippen molar-refractivity contribution in [3.05, 3.63) is 0 Å². The van der Waals surface area contributed by atoms with Gasteiger partial charge in [-0.15, -0.1) is 0 Å². The van der Waals surface area contributed by atoms with Gasteiger partial charge >= 0.3 is 0 Å². The summed E-state index contributed by atoms with van der Waals surface area (Å²) < 4.78 is 0.